The molecule has 0 spiro atoms. The Balaban J connectivity index is 1.63. The topological polar surface area (TPSA) is 86.6 Å². The van der Waals surface area contributed by atoms with E-state index in [4.69, 9.17) is 9.73 Å². The molecule has 0 radical (unpaired) electrons. The van der Waals surface area contributed by atoms with E-state index in [0.29, 0.717) is 12.2 Å². The summed E-state index contributed by atoms with van der Waals surface area (Å²) in [5.41, 5.74) is 5.80. The number of amides is 1. The number of piperazine rings is 1. The van der Waals surface area contributed by atoms with Gasteiger partial charge in [-0.05, 0) is 61.8 Å². The molecule has 0 aromatic heterocycles. The van der Waals surface area contributed by atoms with Crippen LogP contribution < -0.4 is 10.2 Å². The summed E-state index contributed by atoms with van der Waals surface area (Å²) in [5, 5.41) is 2.80. The van der Waals surface area contributed by atoms with E-state index in [2.05, 4.69) is 28.5 Å². The number of likely N-dealkylation sites (N-methyl/N-ethyl adjacent to an activating group) is 1. The minimum absolute atomic E-state index is 0.229. The zero-order valence-corrected chi connectivity index (χ0v) is 21.6. The van der Waals surface area contributed by atoms with Crippen LogP contribution in [-0.4, -0.2) is 69.0 Å². The Morgan fingerprint density at radius 3 is 2.66 bits per heavy atom. The zero-order valence-electron chi connectivity index (χ0n) is 21.6. The van der Waals surface area contributed by atoms with Gasteiger partial charge in [-0.25, -0.2) is 4.99 Å². The van der Waals surface area contributed by atoms with Crippen molar-refractivity contribution < 1.29 is 14.3 Å². The van der Waals surface area contributed by atoms with Gasteiger partial charge < -0.3 is 15.0 Å². The molecule has 2 aromatic carbocycles. The molecule has 2 aliphatic rings. The SMILES string of the molecule is C=CC(=O)Nc1cccc(C2=CC=CC(=C/N=C)/C2=N\c2ccc(N3CCN(C)C(C(=O)OC)C3)cc2)c1. The summed E-state index contributed by atoms with van der Waals surface area (Å²) in [6.45, 7) is 9.26. The third-order valence-corrected chi connectivity index (χ3v) is 6.50. The first-order valence-electron chi connectivity index (χ1n) is 12.2. The van der Waals surface area contributed by atoms with Gasteiger partial charge in [0, 0.05) is 48.4 Å². The molecule has 1 aliphatic heterocycles. The van der Waals surface area contributed by atoms with Crippen molar-refractivity contribution in [2.24, 2.45) is 9.98 Å². The number of hydrogen-bond acceptors (Lipinski definition) is 7. The van der Waals surface area contributed by atoms with Gasteiger partial charge in [-0.1, -0.05) is 36.9 Å². The summed E-state index contributed by atoms with van der Waals surface area (Å²) in [7, 11) is 3.36. The largest absolute Gasteiger partial charge is 0.468 e. The summed E-state index contributed by atoms with van der Waals surface area (Å²) >= 11 is 0. The number of allylic oxidation sites excluding steroid dienone is 5. The van der Waals surface area contributed by atoms with E-state index in [1.54, 1.807) is 6.20 Å². The van der Waals surface area contributed by atoms with Crippen molar-refractivity contribution in [3.63, 3.8) is 0 Å². The van der Waals surface area contributed by atoms with Crippen LogP contribution in [0.4, 0.5) is 17.1 Å². The maximum absolute atomic E-state index is 12.2. The Morgan fingerprint density at radius 1 is 1.16 bits per heavy atom. The molecule has 1 N–H and O–H groups in total. The van der Waals surface area contributed by atoms with E-state index >= 15 is 0 Å². The second-order valence-electron chi connectivity index (χ2n) is 8.92. The van der Waals surface area contributed by atoms with E-state index in [-0.39, 0.29) is 17.9 Å². The van der Waals surface area contributed by atoms with Crippen molar-refractivity contribution >= 4 is 46.9 Å². The van der Waals surface area contributed by atoms with Crippen molar-refractivity contribution in [2.45, 2.75) is 6.04 Å². The van der Waals surface area contributed by atoms with Gasteiger partial charge >= 0.3 is 5.97 Å². The highest BCUT2D eigenvalue weighted by atomic mass is 16.5. The molecule has 2 aromatic rings. The number of benzene rings is 2. The predicted octanol–water partition coefficient (Wildman–Crippen LogP) is 4.41. The molecule has 1 aliphatic carbocycles. The number of rotatable bonds is 7. The number of anilines is 2. The number of ether oxygens (including phenoxy) is 1. The Hall–Kier alpha value is -4.56. The van der Waals surface area contributed by atoms with Crippen LogP contribution in [0.5, 0.6) is 0 Å². The van der Waals surface area contributed by atoms with Gasteiger partial charge in [0.1, 0.15) is 6.04 Å². The molecule has 1 saturated heterocycles. The lowest BCUT2D eigenvalue weighted by Gasteiger charge is -2.39. The summed E-state index contributed by atoms with van der Waals surface area (Å²) in [6, 6.07) is 15.2. The molecule has 4 rings (SSSR count). The molecule has 0 bridgehead atoms. The number of nitrogens with zero attached hydrogens (tertiary/aromatic N) is 4. The molecular weight excluding hydrogens is 478 g/mol. The van der Waals surface area contributed by atoms with Gasteiger partial charge in [0.25, 0.3) is 0 Å². The first kappa shape index (κ1) is 26.5. The minimum atomic E-state index is -0.304. The van der Waals surface area contributed by atoms with E-state index < -0.39 is 0 Å². The fraction of sp³-hybridized carbons (Fsp3) is 0.200. The van der Waals surface area contributed by atoms with Crippen LogP contribution in [0, 0.1) is 0 Å². The molecular formula is C30H31N5O3. The number of carbonyl (C=O) groups is 2. The number of nitrogens with one attached hydrogen (secondary N) is 1. The summed E-state index contributed by atoms with van der Waals surface area (Å²) in [4.78, 5) is 37.1. The maximum Gasteiger partial charge on any atom is 0.324 e. The average molecular weight is 510 g/mol. The van der Waals surface area contributed by atoms with Crippen LogP contribution in [0.25, 0.3) is 5.57 Å². The zero-order chi connectivity index (χ0) is 27.1. The van der Waals surface area contributed by atoms with E-state index in [1.807, 2.05) is 78.7 Å². The fourth-order valence-corrected chi connectivity index (χ4v) is 4.45. The Labute approximate surface area is 223 Å². The third kappa shape index (κ3) is 6.04. The summed E-state index contributed by atoms with van der Waals surface area (Å²) < 4.78 is 4.98. The normalized spacial score (nSPS) is 19.7. The number of carbonyl (C=O) groups excluding carboxylic acids is 2. The van der Waals surface area contributed by atoms with Crippen LogP contribution in [0.3, 0.4) is 0 Å². The molecule has 8 heteroatoms. The van der Waals surface area contributed by atoms with E-state index in [1.165, 1.54) is 13.2 Å². The van der Waals surface area contributed by atoms with Crippen LogP contribution in [0.2, 0.25) is 0 Å². The minimum Gasteiger partial charge on any atom is -0.468 e. The quantitative estimate of drug-likeness (QED) is 0.339. The third-order valence-electron chi connectivity index (χ3n) is 6.50. The first-order chi connectivity index (χ1) is 18.4. The second-order valence-corrected chi connectivity index (χ2v) is 8.92. The standard InChI is InChI=1S/C30H31N5O3/c1-5-28(36)32-24-10-6-8-21(18-24)26-11-7-9-22(19-31-2)29(26)33-23-12-14-25(15-13-23)35-17-16-34(3)27(20-35)30(37)38-4/h5-15,18-19,27H,1-2,16-17,20H2,3-4H3,(H,32,36)/b22-19-,33-29+. The number of aliphatic imine (C=N–C) groups is 2. The highest BCUT2D eigenvalue weighted by Gasteiger charge is 2.30. The summed E-state index contributed by atoms with van der Waals surface area (Å²) in [6.07, 6.45) is 8.77. The number of esters is 1. The van der Waals surface area contributed by atoms with Crippen LogP contribution in [-0.2, 0) is 14.3 Å². The van der Waals surface area contributed by atoms with E-state index in [0.717, 1.165) is 46.9 Å². The lowest BCUT2D eigenvalue weighted by atomic mass is 9.91. The molecule has 1 heterocycles. The van der Waals surface area contributed by atoms with Gasteiger partial charge in [-0.2, -0.15) is 0 Å². The Bertz CT molecular complexity index is 1350. The van der Waals surface area contributed by atoms with Crippen LogP contribution in [0.1, 0.15) is 5.56 Å². The van der Waals surface area contributed by atoms with E-state index in [9.17, 15) is 9.59 Å². The first-order valence-corrected chi connectivity index (χ1v) is 12.2. The summed E-state index contributed by atoms with van der Waals surface area (Å²) in [5.74, 6) is -0.503. The fourth-order valence-electron chi connectivity index (χ4n) is 4.45. The highest BCUT2D eigenvalue weighted by Crippen LogP contribution is 2.30. The smallest absolute Gasteiger partial charge is 0.324 e. The predicted molar refractivity (Wildman–Crippen MR) is 154 cm³/mol. The lowest BCUT2D eigenvalue weighted by Crippen LogP contribution is -2.55. The van der Waals surface area contributed by atoms with Crippen molar-refractivity contribution in [3.8, 4) is 0 Å². The average Bonchev–Trinajstić information content (AvgIpc) is 2.94. The van der Waals surface area contributed by atoms with Crippen molar-refractivity contribution in [2.75, 3.05) is 44.0 Å². The lowest BCUT2D eigenvalue weighted by molar-refractivity contribution is -0.146. The molecule has 38 heavy (non-hydrogen) atoms. The van der Waals surface area contributed by atoms with Gasteiger partial charge in [-0.3, -0.25) is 19.5 Å². The molecule has 0 saturated carbocycles. The number of hydrogen-bond donors (Lipinski definition) is 1. The Morgan fingerprint density at radius 2 is 1.95 bits per heavy atom. The second kappa shape index (κ2) is 12.1. The van der Waals surface area contributed by atoms with Gasteiger partial charge in [0.15, 0.2) is 0 Å². The molecule has 1 amide bonds. The van der Waals surface area contributed by atoms with Crippen LogP contribution >= 0.6 is 0 Å². The molecule has 1 fully saturated rings. The van der Waals surface area contributed by atoms with Crippen molar-refractivity contribution in [3.05, 3.63) is 96.8 Å². The van der Waals surface area contributed by atoms with Crippen molar-refractivity contribution in [1.82, 2.24) is 4.90 Å². The monoisotopic (exact) mass is 509 g/mol. The molecule has 194 valence electrons. The maximum atomic E-state index is 12.2. The molecule has 1 unspecified atom stereocenters. The van der Waals surface area contributed by atoms with Gasteiger partial charge in [0.2, 0.25) is 5.91 Å². The molecule has 1 atom stereocenters. The van der Waals surface area contributed by atoms with Crippen LogP contribution in [0.15, 0.2) is 101 Å². The molecule has 8 nitrogen and oxygen atoms in total. The Kier molecular flexibility index (Phi) is 8.45. The van der Waals surface area contributed by atoms with Gasteiger partial charge in [0.05, 0.1) is 18.5 Å². The van der Waals surface area contributed by atoms with Gasteiger partial charge in [-0.15, -0.1) is 0 Å². The highest BCUT2D eigenvalue weighted by molar-refractivity contribution is 6.34. The number of methoxy groups -OCH3 is 1. The van der Waals surface area contributed by atoms with Crippen molar-refractivity contribution in [1.29, 1.82) is 0 Å².